The van der Waals surface area contributed by atoms with Gasteiger partial charge in [-0.15, -0.1) is 0 Å². The van der Waals surface area contributed by atoms with Gasteiger partial charge in [0.25, 0.3) is 5.91 Å². The van der Waals surface area contributed by atoms with Crippen LogP contribution in [0.2, 0.25) is 0 Å². The van der Waals surface area contributed by atoms with Crippen molar-refractivity contribution in [1.82, 2.24) is 14.5 Å². The summed E-state index contributed by atoms with van der Waals surface area (Å²) in [5, 5.41) is 15.6. The Morgan fingerprint density at radius 3 is 2.60 bits per heavy atom. The maximum Gasteiger partial charge on any atom is 0.319 e. The predicted octanol–water partition coefficient (Wildman–Crippen LogP) is 2.25. The van der Waals surface area contributed by atoms with Crippen molar-refractivity contribution in [2.45, 2.75) is 64.1 Å². The van der Waals surface area contributed by atoms with Crippen LogP contribution in [0, 0.1) is 5.92 Å². The Morgan fingerprint density at radius 2 is 1.97 bits per heavy atom. The molecule has 0 aromatic heterocycles. The molecule has 2 aliphatic rings. The summed E-state index contributed by atoms with van der Waals surface area (Å²) in [6.07, 6.45) is 5.72. The third-order valence-corrected chi connectivity index (χ3v) is 8.16. The Morgan fingerprint density at radius 1 is 1.29 bits per heavy atom. The van der Waals surface area contributed by atoms with Crippen molar-refractivity contribution < 1.29 is 27.9 Å². The minimum Gasteiger partial charge on any atom is -0.486 e. The molecular weight excluding hydrogens is 472 g/mol. The molecule has 1 saturated carbocycles. The lowest BCUT2D eigenvalue weighted by atomic mass is 9.96. The second-order valence-corrected chi connectivity index (χ2v) is 11.9. The van der Waals surface area contributed by atoms with Crippen molar-refractivity contribution >= 4 is 27.6 Å². The number of carbonyl (C=O) groups is 2. The van der Waals surface area contributed by atoms with Gasteiger partial charge in [-0.25, -0.2) is 17.5 Å². The molecule has 1 aromatic rings. The lowest BCUT2D eigenvalue weighted by molar-refractivity contribution is 0.0389. The van der Waals surface area contributed by atoms with E-state index in [0.29, 0.717) is 5.69 Å². The zero-order chi connectivity index (χ0) is 25.8. The molecule has 0 spiro atoms. The number of hydrogen-bond donors (Lipinski definition) is 3. The molecule has 3 rings (SSSR count). The highest BCUT2D eigenvalue weighted by molar-refractivity contribution is 7.88. The molecule has 3 N–H and O–H groups in total. The van der Waals surface area contributed by atoms with Crippen LogP contribution >= 0.6 is 0 Å². The van der Waals surface area contributed by atoms with Crippen LogP contribution in [0.5, 0.6) is 5.75 Å². The van der Waals surface area contributed by atoms with E-state index in [9.17, 15) is 23.1 Å². The number of anilines is 1. The third kappa shape index (κ3) is 6.86. The molecule has 0 radical (unpaired) electrons. The van der Waals surface area contributed by atoms with Crippen molar-refractivity contribution in [3.63, 3.8) is 0 Å². The van der Waals surface area contributed by atoms with Gasteiger partial charge in [0.1, 0.15) is 6.10 Å². The lowest BCUT2D eigenvalue weighted by Gasteiger charge is -2.38. The SMILES string of the molecule is C[C@@H]1CN([C@H](C)CO)C(=O)c2cccc(NC(=O)NC3CCCCC3)c2O[C@H]1CN(C)S(C)(=O)=O. The standard InChI is InChI=1S/C24H38N4O6S/c1-16-13-28(17(2)15-29)23(30)19-11-8-12-20(26-24(31)25-18-9-6-5-7-10-18)22(19)34-21(16)14-27(3)35(4,32)33/h8,11-12,16-18,21,29H,5-7,9-10,13-15H2,1-4H3,(H2,25,26,31)/t16-,17-,21+/m1/s1. The number of aliphatic hydroxyl groups is 1. The summed E-state index contributed by atoms with van der Waals surface area (Å²) < 4.78 is 31.7. The van der Waals surface area contributed by atoms with E-state index in [1.54, 1.807) is 30.0 Å². The smallest absolute Gasteiger partial charge is 0.319 e. The molecule has 1 heterocycles. The molecule has 35 heavy (non-hydrogen) atoms. The summed E-state index contributed by atoms with van der Waals surface area (Å²) in [6.45, 7) is 3.76. The molecule has 11 heteroatoms. The number of carbonyl (C=O) groups excluding carboxylic acids is 2. The van der Waals surface area contributed by atoms with Gasteiger partial charge in [-0.1, -0.05) is 32.3 Å². The van der Waals surface area contributed by atoms with E-state index in [4.69, 9.17) is 4.74 Å². The Labute approximate surface area is 208 Å². The largest absolute Gasteiger partial charge is 0.486 e. The lowest BCUT2D eigenvalue weighted by Crippen LogP contribution is -2.50. The highest BCUT2D eigenvalue weighted by Gasteiger charge is 2.35. The summed E-state index contributed by atoms with van der Waals surface area (Å²) in [7, 11) is -1.98. The predicted molar refractivity (Wildman–Crippen MR) is 134 cm³/mol. The minimum atomic E-state index is -3.46. The van der Waals surface area contributed by atoms with E-state index in [1.165, 1.54) is 17.8 Å². The van der Waals surface area contributed by atoms with Crippen LogP contribution in [0.4, 0.5) is 10.5 Å². The van der Waals surface area contributed by atoms with E-state index >= 15 is 0 Å². The van der Waals surface area contributed by atoms with Gasteiger partial charge in [-0.2, -0.15) is 0 Å². The number of rotatable bonds is 7. The number of nitrogens with zero attached hydrogens (tertiary/aromatic N) is 2. The minimum absolute atomic E-state index is 0.0670. The number of aliphatic hydroxyl groups excluding tert-OH is 1. The summed E-state index contributed by atoms with van der Waals surface area (Å²) >= 11 is 0. The molecular formula is C24H38N4O6S. The van der Waals surface area contributed by atoms with Crippen molar-refractivity contribution in [2.75, 3.05) is 38.3 Å². The van der Waals surface area contributed by atoms with Gasteiger partial charge < -0.3 is 25.4 Å². The zero-order valence-electron chi connectivity index (χ0n) is 21.0. The summed E-state index contributed by atoms with van der Waals surface area (Å²) in [5.41, 5.74) is 0.585. The number of para-hydroxylation sites is 1. The first-order valence-corrected chi connectivity index (χ1v) is 14.1. The number of ether oxygens (including phenoxy) is 1. The van der Waals surface area contributed by atoms with Crippen LogP contribution in [-0.2, 0) is 10.0 Å². The second kappa shape index (κ2) is 11.6. The van der Waals surface area contributed by atoms with Gasteiger partial charge in [0.2, 0.25) is 10.0 Å². The van der Waals surface area contributed by atoms with Gasteiger partial charge in [-0.3, -0.25) is 4.79 Å². The van der Waals surface area contributed by atoms with Gasteiger partial charge in [0, 0.05) is 25.6 Å². The van der Waals surface area contributed by atoms with Crippen molar-refractivity contribution in [2.24, 2.45) is 5.92 Å². The Kier molecular flexibility index (Phi) is 9.00. The van der Waals surface area contributed by atoms with Crippen molar-refractivity contribution in [3.05, 3.63) is 23.8 Å². The van der Waals surface area contributed by atoms with E-state index < -0.39 is 22.2 Å². The van der Waals surface area contributed by atoms with Crippen LogP contribution in [-0.4, -0.2) is 85.9 Å². The molecule has 10 nitrogen and oxygen atoms in total. The average molecular weight is 511 g/mol. The third-order valence-electron chi connectivity index (χ3n) is 6.88. The van der Waals surface area contributed by atoms with Gasteiger partial charge in [-0.05, 0) is 31.9 Å². The van der Waals surface area contributed by atoms with Gasteiger partial charge in [0.05, 0.1) is 36.7 Å². The molecule has 0 bridgehead atoms. The average Bonchev–Trinajstić information content (AvgIpc) is 2.81. The first-order chi connectivity index (χ1) is 16.5. The van der Waals surface area contributed by atoms with Crippen molar-refractivity contribution in [3.8, 4) is 5.75 Å². The zero-order valence-corrected chi connectivity index (χ0v) is 21.8. The van der Waals surface area contributed by atoms with E-state index in [0.717, 1.165) is 31.9 Å². The second-order valence-electron chi connectivity index (χ2n) is 9.78. The monoisotopic (exact) mass is 510 g/mol. The summed E-state index contributed by atoms with van der Waals surface area (Å²) in [4.78, 5) is 27.8. The molecule has 196 valence electrons. The number of sulfonamides is 1. The first-order valence-electron chi connectivity index (χ1n) is 12.2. The van der Waals surface area contributed by atoms with Gasteiger partial charge >= 0.3 is 6.03 Å². The fraction of sp³-hybridized carbons (Fsp3) is 0.667. The molecule has 3 atom stereocenters. The molecule has 0 saturated heterocycles. The first kappa shape index (κ1) is 27.2. The highest BCUT2D eigenvalue weighted by atomic mass is 32.2. The Balaban J connectivity index is 1.95. The van der Waals surface area contributed by atoms with Crippen LogP contribution < -0.4 is 15.4 Å². The molecule has 3 amide bonds. The van der Waals surface area contributed by atoms with E-state index in [-0.39, 0.29) is 54.9 Å². The molecule has 1 aliphatic heterocycles. The number of hydrogen-bond acceptors (Lipinski definition) is 6. The highest BCUT2D eigenvalue weighted by Crippen LogP contribution is 2.35. The Bertz CT molecular complexity index is 1010. The quantitative estimate of drug-likeness (QED) is 0.516. The van der Waals surface area contributed by atoms with E-state index in [2.05, 4.69) is 10.6 Å². The number of nitrogens with one attached hydrogen (secondary N) is 2. The maximum atomic E-state index is 13.5. The molecule has 1 aliphatic carbocycles. The summed E-state index contributed by atoms with van der Waals surface area (Å²) in [6, 6.07) is 4.23. The van der Waals surface area contributed by atoms with Crippen molar-refractivity contribution in [1.29, 1.82) is 0 Å². The molecule has 1 fully saturated rings. The molecule has 1 aromatic carbocycles. The van der Waals surface area contributed by atoms with Crippen LogP contribution in [0.1, 0.15) is 56.3 Å². The fourth-order valence-electron chi connectivity index (χ4n) is 4.54. The number of urea groups is 1. The maximum absolute atomic E-state index is 13.5. The van der Waals surface area contributed by atoms with Crippen LogP contribution in [0.15, 0.2) is 18.2 Å². The normalized spacial score (nSPS) is 22.6. The van der Waals surface area contributed by atoms with Crippen LogP contribution in [0.25, 0.3) is 0 Å². The van der Waals surface area contributed by atoms with Crippen LogP contribution in [0.3, 0.4) is 0 Å². The summed E-state index contributed by atoms with van der Waals surface area (Å²) in [5.74, 6) is -0.376. The fourth-order valence-corrected chi connectivity index (χ4v) is 4.96. The number of amides is 3. The molecule has 0 unspecified atom stereocenters. The topological polar surface area (TPSA) is 128 Å². The Hall–Kier alpha value is -2.37. The number of fused-ring (bicyclic) bond motifs is 1. The van der Waals surface area contributed by atoms with Gasteiger partial charge in [0.15, 0.2) is 5.75 Å². The number of likely N-dealkylation sites (N-methyl/N-ethyl adjacent to an activating group) is 1. The number of benzene rings is 1. The van der Waals surface area contributed by atoms with E-state index in [1.807, 2.05) is 6.92 Å².